The predicted molar refractivity (Wildman–Crippen MR) is 156 cm³/mol. The maximum atomic E-state index is 12.7. The highest BCUT2D eigenvalue weighted by molar-refractivity contribution is 6.33. The number of H-pyrrole nitrogens is 1. The third kappa shape index (κ3) is 4.36. The number of hydrogen-bond donors (Lipinski definition) is 2. The Morgan fingerprint density at radius 1 is 1.00 bits per heavy atom. The lowest BCUT2D eigenvalue weighted by molar-refractivity contribution is -0.0254. The number of nitrogens with one attached hydrogen (secondary N) is 1. The standard InChI is InChI=1S/C29H31ClN8O2/c30-22-7-2-1-6-20(22)21-16-37(28-25(21)27(32-18-33-28)36-12-3-4-13-36)17-24(39)35-14-9-19(10-15-35)38-23-8-5-11-31-26(23)34-29(38)40/h1-2,5-8,11,16,18-19,24,39H,3-4,9-10,12-15,17H2,(H,31,34,40). The minimum atomic E-state index is -0.706. The van der Waals surface area contributed by atoms with Crippen molar-refractivity contribution in [1.29, 1.82) is 0 Å². The lowest BCUT2D eigenvalue weighted by Gasteiger charge is -2.35. The molecule has 5 aromatic rings. The summed E-state index contributed by atoms with van der Waals surface area (Å²) in [5.74, 6) is 0.921. The van der Waals surface area contributed by atoms with Gasteiger partial charge in [-0.15, -0.1) is 0 Å². The lowest BCUT2D eigenvalue weighted by Crippen LogP contribution is -2.44. The number of aliphatic hydroxyl groups excluding tert-OH is 1. The van der Waals surface area contributed by atoms with Gasteiger partial charge in [-0.2, -0.15) is 0 Å². The van der Waals surface area contributed by atoms with Crippen molar-refractivity contribution in [2.45, 2.75) is 44.5 Å². The minimum absolute atomic E-state index is 0.0592. The Kier molecular flexibility index (Phi) is 6.53. The molecule has 4 aromatic heterocycles. The number of imidazole rings is 1. The fourth-order valence-electron chi connectivity index (χ4n) is 6.35. The van der Waals surface area contributed by atoms with E-state index in [1.165, 1.54) is 0 Å². The Labute approximate surface area is 235 Å². The summed E-state index contributed by atoms with van der Waals surface area (Å²) in [6, 6.07) is 11.7. The van der Waals surface area contributed by atoms with Gasteiger partial charge in [-0.1, -0.05) is 29.8 Å². The smallest absolute Gasteiger partial charge is 0.327 e. The number of piperidine rings is 1. The van der Waals surface area contributed by atoms with E-state index in [0.717, 1.165) is 72.3 Å². The van der Waals surface area contributed by atoms with Crippen LogP contribution in [0.5, 0.6) is 0 Å². The van der Waals surface area contributed by atoms with Gasteiger partial charge in [0.15, 0.2) is 5.65 Å². The van der Waals surface area contributed by atoms with Gasteiger partial charge in [-0.25, -0.2) is 19.7 Å². The van der Waals surface area contributed by atoms with E-state index in [2.05, 4.69) is 30.9 Å². The van der Waals surface area contributed by atoms with Crippen LogP contribution in [0.2, 0.25) is 5.02 Å². The van der Waals surface area contributed by atoms with E-state index >= 15 is 0 Å². The van der Waals surface area contributed by atoms with Gasteiger partial charge < -0.3 is 14.6 Å². The molecule has 0 spiro atoms. The molecule has 1 unspecified atom stereocenters. The van der Waals surface area contributed by atoms with E-state index in [1.807, 2.05) is 45.5 Å². The maximum absolute atomic E-state index is 12.7. The van der Waals surface area contributed by atoms with Gasteiger partial charge in [0.25, 0.3) is 0 Å². The van der Waals surface area contributed by atoms with Gasteiger partial charge in [0.05, 0.1) is 17.4 Å². The molecular weight excluding hydrogens is 528 g/mol. The minimum Gasteiger partial charge on any atom is -0.376 e. The van der Waals surface area contributed by atoms with E-state index in [9.17, 15) is 9.90 Å². The number of rotatable bonds is 6. The number of aromatic nitrogens is 6. The highest BCUT2D eigenvalue weighted by Gasteiger charge is 2.29. The number of likely N-dealkylation sites (tertiary alicyclic amines) is 1. The first-order chi connectivity index (χ1) is 19.6. The molecule has 2 aliphatic rings. The van der Waals surface area contributed by atoms with Crippen molar-refractivity contribution in [3.63, 3.8) is 0 Å². The molecule has 0 bridgehead atoms. The Hall–Kier alpha value is -3.73. The second-order valence-corrected chi connectivity index (χ2v) is 11.1. The molecule has 40 heavy (non-hydrogen) atoms. The van der Waals surface area contributed by atoms with Crippen molar-refractivity contribution in [2.75, 3.05) is 31.1 Å². The van der Waals surface area contributed by atoms with Crippen LogP contribution < -0.4 is 10.6 Å². The Morgan fingerprint density at radius 3 is 2.60 bits per heavy atom. The molecule has 1 atom stereocenters. The summed E-state index contributed by atoms with van der Waals surface area (Å²) >= 11 is 6.66. The van der Waals surface area contributed by atoms with E-state index in [-0.39, 0.29) is 11.7 Å². The molecule has 10 nitrogen and oxygen atoms in total. The summed E-state index contributed by atoms with van der Waals surface area (Å²) in [7, 11) is 0. The monoisotopic (exact) mass is 558 g/mol. The van der Waals surface area contributed by atoms with Crippen LogP contribution in [0.25, 0.3) is 33.3 Å². The van der Waals surface area contributed by atoms with Gasteiger partial charge in [-0.3, -0.25) is 14.5 Å². The fourth-order valence-corrected chi connectivity index (χ4v) is 6.59. The summed E-state index contributed by atoms with van der Waals surface area (Å²) in [5, 5.41) is 13.0. The van der Waals surface area contributed by atoms with Crippen LogP contribution in [-0.2, 0) is 6.54 Å². The topological polar surface area (TPSA) is 108 Å². The van der Waals surface area contributed by atoms with Crippen LogP contribution in [0, 0.1) is 0 Å². The molecule has 2 aliphatic heterocycles. The number of aliphatic hydroxyl groups is 1. The van der Waals surface area contributed by atoms with Crippen LogP contribution in [0.4, 0.5) is 5.82 Å². The molecule has 0 amide bonds. The van der Waals surface area contributed by atoms with Crippen LogP contribution in [0.3, 0.4) is 0 Å². The molecule has 1 aromatic carbocycles. The number of benzene rings is 1. The van der Waals surface area contributed by atoms with Gasteiger partial charge in [0.2, 0.25) is 0 Å². The van der Waals surface area contributed by atoms with Crippen molar-refractivity contribution < 1.29 is 5.11 Å². The van der Waals surface area contributed by atoms with Crippen molar-refractivity contribution in [3.05, 3.63) is 70.6 Å². The molecular formula is C29H31ClN8O2. The molecule has 0 radical (unpaired) electrons. The van der Waals surface area contributed by atoms with Gasteiger partial charge in [-0.05, 0) is 43.9 Å². The van der Waals surface area contributed by atoms with E-state index in [1.54, 1.807) is 12.5 Å². The van der Waals surface area contributed by atoms with Crippen LogP contribution in [0.15, 0.2) is 59.9 Å². The van der Waals surface area contributed by atoms with E-state index in [4.69, 9.17) is 16.6 Å². The normalized spacial score (nSPS) is 17.8. The quantitative estimate of drug-likeness (QED) is 0.324. The molecule has 7 rings (SSSR count). The van der Waals surface area contributed by atoms with Crippen LogP contribution in [-0.4, -0.2) is 71.5 Å². The van der Waals surface area contributed by atoms with Crippen molar-refractivity contribution in [3.8, 4) is 11.1 Å². The zero-order valence-corrected chi connectivity index (χ0v) is 22.8. The average Bonchev–Trinajstić information content (AvgIpc) is 3.71. The summed E-state index contributed by atoms with van der Waals surface area (Å²) in [4.78, 5) is 33.6. The molecule has 2 fully saturated rings. The Morgan fingerprint density at radius 2 is 1.80 bits per heavy atom. The summed E-state index contributed by atoms with van der Waals surface area (Å²) in [5.41, 5.74) is 3.99. The first kappa shape index (κ1) is 25.3. The number of fused-ring (bicyclic) bond motifs is 2. The lowest BCUT2D eigenvalue weighted by atomic mass is 10.0. The van der Waals surface area contributed by atoms with Crippen molar-refractivity contribution in [2.24, 2.45) is 0 Å². The second-order valence-electron chi connectivity index (χ2n) is 10.7. The summed E-state index contributed by atoms with van der Waals surface area (Å²) in [6.45, 7) is 3.64. The van der Waals surface area contributed by atoms with Crippen LogP contribution >= 0.6 is 11.6 Å². The largest absolute Gasteiger partial charge is 0.376 e. The zero-order valence-electron chi connectivity index (χ0n) is 22.1. The molecule has 206 valence electrons. The summed E-state index contributed by atoms with van der Waals surface area (Å²) in [6.07, 6.45) is 8.45. The molecule has 2 saturated heterocycles. The number of hydrogen-bond acceptors (Lipinski definition) is 7. The molecule has 2 N–H and O–H groups in total. The SMILES string of the molecule is O=c1[nH]c2ncccc2n1C1CCN(C(O)Cn2cc(-c3ccccc3Cl)c3c(N4CCCC4)ncnc32)CC1. The van der Waals surface area contributed by atoms with Crippen LogP contribution in [0.1, 0.15) is 31.7 Å². The Bertz CT molecular complexity index is 1730. The molecule has 11 heteroatoms. The van der Waals surface area contributed by atoms with Gasteiger partial charge in [0.1, 0.15) is 24.0 Å². The number of pyridine rings is 1. The number of nitrogens with zero attached hydrogens (tertiary/aromatic N) is 7. The highest BCUT2D eigenvalue weighted by atomic mass is 35.5. The fraction of sp³-hybridized carbons (Fsp3) is 0.379. The molecule has 0 aliphatic carbocycles. The van der Waals surface area contributed by atoms with E-state index in [0.29, 0.717) is 30.3 Å². The maximum Gasteiger partial charge on any atom is 0.327 e. The third-order valence-corrected chi connectivity index (χ3v) is 8.67. The Balaban J connectivity index is 1.16. The molecule has 0 saturated carbocycles. The number of halogens is 1. The van der Waals surface area contributed by atoms with Crippen molar-refractivity contribution in [1.82, 2.24) is 34.0 Å². The molecule has 6 heterocycles. The van der Waals surface area contributed by atoms with E-state index < -0.39 is 6.23 Å². The first-order valence-corrected chi connectivity index (χ1v) is 14.3. The van der Waals surface area contributed by atoms with Gasteiger partial charge >= 0.3 is 5.69 Å². The highest BCUT2D eigenvalue weighted by Crippen LogP contribution is 2.39. The second kappa shape index (κ2) is 10.3. The average molecular weight is 559 g/mol. The predicted octanol–water partition coefficient (Wildman–Crippen LogP) is 4.05. The third-order valence-electron chi connectivity index (χ3n) is 8.34. The number of anilines is 1. The first-order valence-electron chi connectivity index (χ1n) is 13.9. The zero-order chi connectivity index (χ0) is 27.2. The van der Waals surface area contributed by atoms with Gasteiger partial charge in [0, 0.05) is 60.8 Å². The number of aromatic amines is 1. The summed E-state index contributed by atoms with van der Waals surface area (Å²) < 4.78 is 3.85. The van der Waals surface area contributed by atoms with Crippen molar-refractivity contribution >= 4 is 39.6 Å².